The Morgan fingerprint density at radius 3 is 2.42 bits per heavy atom. The van der Waals surface area contributed by atoms with Gasteiger partial charge in [-0.25, -0.2) is 0 Å². The number of hydrogen-bond acceptors (Lipinski definition) is 3. The van der Waals surface area contributed by atoms with Crippen LogP contribution in [0.15, 0.2) is 4.99 Å². The molecule has 0 aromatic carbocycles. The molecule has 0 radical (unpaired) electrons. The molecule has 0 aromatic rings. The summed E-state index contributed by atoms with van der Waals surface area (Å²) in [6.07, 6.45) is 2.20. The molecule has 5 heteroatoms. The van der Waals surface area contributed by atoms with Crippen molar-refractivity contribution in [3.63, 3.8) is 0 Å². The molecular formula is C7H9N3O2. The number of hydrogen-bond donors (Lipinski definition) is 1. The van der Waals surface area contributed by atoms with Gasteiger partial charge in [-0.3, -0.25) is 14.9 Å². The van der Waals surface area contributed by atoms with E-state index in [0.717, 1.165) is 25.9 Å². The summed E-state index contributed by atoms with van der Waals surface area (Å²) >= 11 is 0. The predicted molar refractivity (Wildman–Crippen MR) is 41.4 cm³/mol. The molecule has 0 aromatic heterocycles. The van der Waals surface area contributed by atoms with Gasteiger partial charge in [0.05, 0.1) is 0 Å². The zero-order chi connectivity index (χ0) is 8.55. The molecule has 0 atom stereocenters. The number of guanidine groups is 1. The average Bonchev–Trinajstić information content (AvgIpc) is 2.61. The van der Waals surface area contributed by atoms with Gasteiger partial charge in [0.25, 0.3) is 0 Å². The lowest BCUT2D eigenvalue weighted by molar-refractivity contribution is -0.135. The standard InChI is InChI=1S/C7H9N3O2/c11-5-6(12)9-7(8-5)10-3-1-2-4-10/h1-4H2,(H,8,9,11,12). The highest BCUT2D eigenvalue weighted by molar-refractivity contribution is 6.43. The first-order chi connectivity index (χ1) is 5.77. The van der Waals surface area contributed by atoms with Gasteiger partial charge >= 0.3 is 11.8 Å². The first-order valence-electron chi connectivity index (χ1n) is 3.96. The molecule has 1 N–H and O–H groups in total. The maximum absolute atomic E-state index is 10.7. The third kappa shape index (κ3) is 1.07. The Morgan fingerprint density at radius 2 is 1.92 bits per heavy atom. The number of nitrogens with zero attached hydrogens (tertiary/aromatic N) is 2. The fourth-order valence-electron chi connectivity index (χ4n) is 1.41. The topological polar surface area (TPSA) is 61.8 Å². The van der Waals surface area contributed by atoms with Gasteiger partial charge < -0.3 is 4.90 Å². The summed E-state index contributed by atoms with van der Waals surface area (Å²) in [5.41, 5.74) is 0. The first kappa shape index (κ1) is 7.27. The lowest BCUT2D eigenvalue weighted by Gasteiger charge is -2.15. The summed E-state index contributed by atoms with van der Waals surface area (Å²) in [4.78, 5) is 27.0. The van der Waals surface area contributed by atoms with E-state index in [1.807, 2.05) is 4.90 Å². The third-order valence-electron chi connectivity index (χ3n) is 2.03. The molecule has 0 spiro atoms. The third-order valence-corrected chi connectivity index (χ3v) is 2.03. The van der Waals surface area contributed by atoms with Crippen molar-refractivity contribution < 1.29 is 9.59 Å². The summed E-state index contributed by atoms with van der Waals surface area (Å²) in [5, 5.41) is 2.43. The molecule has 0 bridgehead atoms. The van der Waals surface area contributed by atoms with E-state index in [0.29, 0.717) is 5.96 Å². The Labute approximate surface area is 69.4 Å². The minimum atomic E-state index is -0.683. The summed E-state index contributed by atoms with van der Waals surface area (Å²) in [7, 11) is 0. The van der Waals surface area contributed by atoms with E-state index in [2.05, 4.69) is 10.3 Å². The van der Waals surface area contributed by atoms with Crippen LogP contribution in [-0.4, -0.2) is 35.8 Å². The van der Waals surface area contributed by atoms with E-state index >= 15 is 0 Å². The number of carbonyl (C=O) groups excluding carboxylic acids is 2. The highest BCUT2D eigenvalue weighted by atomic mass is 16.2. The molecule has 64 valence electrons. The maximum Gasteiger partial charge on any atom is 0.338 e. The average molecular weight is 167 g/mol. The van der Waals surface area contributed by atoms with Crippen LogP contribution in [0, 0.1) is 0 Å². The molecule has 1 saturated heterocycles. The van der Waals surface area contributed by atoms with E-state index in [4.69, 9.17) is 0 Å². The fourth-order valence-corrected chi connectivity index (χ4v) is 1.41. The number of aliphatic imine (C=N–C) groups is 1. The SMILES string of the molecule is O=C1N=C(N2CCCC2)NC1=O. The zero-order valence-electron chi connectivity index (χ0n) is 6.54. The summed E-state index contributed by atoms with van der Waals surface area (Å²) in [6.45, 7) is 1.76. The minimum absolute atomic E-state index is 0.433. The van der Waals surface area contributed by atoms with Crippen molar-refractivity contribution in [2.45, 2.75) is 12.8 Å². The molecule has 0 unspecified atom stereocenters. The predicted octanol–water partition coefficient (Wildman–Crippen LogP) is -0.905. The summed E-state index contributed by atoms with van der Waals surface area (Å²) in [5.74, 6) is -0.865. The molecule has 2 aliphatic heterocycles. The van der Waals surface area contributed by atoms with Crippen molar-refractivity contribution in [1.82, 2.24) is 10.2 Å². The highest BCUT2D eigenvalue weighted by Gasteiger charge is 2.28. The van der Waals surface area contributed by atoms with E-state index in [9.17, 15) is 9.59 Å². The van der Waals surface area contributed by atoms with Crippen molar-refractivity contribution in [3.05, 3.63) is 0 Å². The number of likely N-dealkylation sites (tertiary alicyclic amines) is 1. The number of carbonyl (C=O) groups is 2. The van der Waals surface area contributed by atoms with Crippen molar-refractivity contribution >= 4 is 17.8 Å². The van der Waals surface area contributed by atoms with Gasteiger partial charge in [-0.15, -0.1) is 0 Å². The van der Waals surface area contributed by atoms with Gasteiger partial charge in [-0.1, -0.05) is 0 Å². The second kappa shape index (κ2) is 2.58. The highest BCUT2D eigenvalue weighted by Crippen LogP contribution is 2.08. The van der Waals surface area contributed by atoms with Gasteiger partial charge in [0, 0.05) is 13.1 Å². The van der Waals surface area contributed by atoms with Gasteiger partial charge in [0.1, 0.15) is 0 Å². The van der Waals surface area contributed by atoms with Crippen LogP contribution in [0.1, 0.15) is 12.8 Å². The first-order valence-corrected chi connectivity index (χ1v) is 3.96. The number of amides is 2. The fraction of sp³-hybridized carbons (Fsp3) is 0.571. The molecule has 12 heavy (non-hydrogen) atoms. The second-order valence-corrected chi connectivity index (χ2v) is 2.89. The number of nitrogens with one attached hydrogen (secondary N) is 1. The van der Waals surface area contributed by atoms with Crippen LogP contribution in [0.2, 0.25) is 0 Å². The molecule has 5 nitrogen and oxygen atoms in total. The van der Waals surface area contributed by atoms with E-state index in [1.165, 1.54) is 0 Å². The van der Waals surface area contributed by atoms with Crippen LogP contribution in [-0.2, 0) is 9.59 Å². The van der Waals surface area contributed by atoms with E-state index < -0.39 is 11.8 Å². The van der Waals surface area contributed by atoms with Gasteiger partial charge in [0.2, 0.25) is 5.96 Å². The van der Waals surface area contributed by atoms with Gasteiger partial charge in [-0.05, 0) is 12.8 Å². The van der Waals surface area contributed by atoms with Crippen LogP contribution < -0.4 is 5.32 Å². The molecule has 2 amide bonds. The van der Waals surface area contributed by atoms with Crippen LogP contribution >= 0.6 is 0 Å². The van der Waals surface area contributed by atoms with Crippen molar-refractivity contribution in [2.24, 2.45) is 4.99 Å². The zero-order valence-corrected chi connectivity index (χ0v) is 6.54. The second-order valence-electron chi connectivity index (χ2n) is 2.89. The van der Waals surface area contributed by atoms with Crippen LogP contribution in [0.3, 0.4) is 0 Å². The largest absolute Gasteiger partial charge is 0.342 e. The number of rotatable bonds is 0. The van der Waals surface area contributed by atoms with Crippen molar-refractivity contribution in [2.75, 3.05) is 13.1 Å². The molecule has 2 rings (SSSR count). The van der Waals surface area contributed by atoms with Gasteiger partial charge in [-0.2, -0.15) is 4.99 Å². The van der Waals surface area contributed by atoms with Gasteiger partial charge in [0.15, 0.2) is 0 Å². The maximum atomic E-state index is 10.7. The monoisotopic (exact) mass is 167 g/mol. The van der Waals surface area contributed by atoms with Crippen molar-refractivity contribution in [1.29, 1.82) is 0 Å². The Hall–Kier alpha value is -1.39. The lowest BCUT2D eigenvalue weighted by Crippen LogP contribution is -2.38. The molecular weight excluding hydrogens is 158 g/mol. The Morgan fingerprint density at radius 1 is 1.25 bits per heavy atom. The summed E-state index contributed by atoms with van der Waals surface area (Å²) in [6, 6.07) is 0. The smallest absolute Gasteiger partial charge is 0.338 e. The minimum Gasteiger partial charge on any atom is -0.342 e. The molecule has 2 heterocycles. The molecule has 2 aliphatic rings. The summed E-state index contributed by atoms with van der Waals surface area (Å²) < 4.78 is 0. The van der Waals surface area contributed by atoms with Crippen LogP contribution in [0.4, 0.5) is 0 Å². The van der Waals surface area contributed by atoms with Crippen molar-refractivity contribution in [3.8, 4) is 0 Å². The Kier molecular flexibility index (Phi) is 1.56. The van der Waals surface area contributed by atoms with E-state index in [-0.39, 0.29) is 0 Å². The van der Waals surface area contributed by atoms with Crippen LogP contribution in [0.5, 0.6) is 0 Å². The van der Waals surface area contributed by atoms with Crippen LogP contribution in [0.25, 0.3) is 0 Å². The quantitative estimate of drug-likeness (QED) is 0.475. The lowest BCUT2D eigenvalue weighted by atomic mass is 10.4. The Bertz CT molecular complexity index is 266. The normalized spacial score (nSPS) is 23.0. The van der Waals surface area contributed by atoms with E-state index in [1.54, 1.807) is 0 Å². The molecule has 0 aliphatic carbocycles. The Balaban J connectivity index is 2.10. The molecule has 0 saturated carbocycles. The molecule has 1 fully saturated rings.